The van der Waals surface area contributed by atoms with Gasteiger partial charge in [0.25, 0.3) is 5.91 Å². The molecule has 0 saturated carbocycles. The number of carbonyl (C=O) groups excluding carboxylic acids is 1. The lowest BCUT2D eigenvalue weighted by Crippen LogP contribution is -2.13. The number of benzene rings is 1. The van der Waals surface area contributed by atoms with E-state index < -0.39 is 11.7 Å². The molecule has 82 valence electrons. The Bertz CT molecular complexity index is 489. The van der Waals surface area contributed by atoms with Crippen LogP contribution in [0.5, 0.6) is 0 Å². The molecule has 0 unspecified atom stereocenters. The second-order valence-corrected chi connectivity index (χ2v) is 3.17. The Balaban J connectivity index is 2.21. The average Bonchev–Trinajstić information content (AvgIpc) is 2.68. The molecule has 0 spiro atoms. The number of aromatic nitrogens is 2. The van der Waals surface area contributed by atoms with Gasteiger partial charge in [0, 0.05) is 23.6 Å². The Labute approximate surface area is 90.5 Å². The molecule has 1 aromatic heterocycles. The van der Waals surface area contributed by atoms with E-state index in [0.717, 1.165) is 12.1 Å². The van der Waals surface area contributed by atoms with Crippen molar-refractivity contribution in [2.45, 2.75) is 0 Å². The van der Waals surface area contributed by atoms with Gasteiger partial charge in [-0.2, -0.15) is 0 Å². The van der Waals surface area contributed by atoms with Crippen LogP contribution in [0.2, 0.25) is 0 Å². The normalized spacial score (nSPS) is 10.1. The summed E-state index contributed by atoms with van der Waals surface area (Å²) in [5, 5.41) is 2.46. The zero-order valence-corrected chi connectivity index (χ0v) is 8.20. The van der Waals surface area contributed by atoms with Crippen molar-refractivity contribution in [1.29, 1.82) is 0 Å². The summed E-state index contributed by atoms with van der Waals surface area (Å²) in [5.41, 5.74) is 5.77. The number of nitrogens with two attached hydrogens (primary N) is 1. The molecule has 0 aliphatic carbocycles. The summed E-state index contributed by atoms with van der Waals surface area (Å²) >= 11 is 0. The monoisotopic (exact) mass is 220 g/mol. The number of amides is 1. The first-order valence-corrected chi connectivity index (χ1v) is 4.52. The Morgan fingerprint density at radius 2 is 2.25 bits per heavy atom. The number of hydrogen-bond donors (Lipinski definition) is 3. The molecule has 0 fully saturated rings. The molecule has 2 aromatic rings. The molecule has 2 rings (SSSR count). The molecule has 1 heterocycles. The zero-order valence-electron chi connectivity index (χ0n) is 8.20. The van der Waals surface area contributed by atoms with E-state index in [1.165, 1.54) is 12.3 Å². The summed E-state index contributed by atoms with van der Waals surface area (Å²) in [7, 11) is 0. The summed E-state index contributed by atoms with van der Waals surface area (Å²) < 4.78 is 13.0. The van der Waals surface area contributed by atoms with Crippen LogP contribution in [0.4, 0.5) is 16.0 Å². The first kappa shape index (κ1) is 10.2. The van der Waals surface area contributed by atoms with Crippen molar-refractivity contribution < 1.29 is 9.18 Å². The molecule has 16 heavy (non-hydrogen) atoms. The fourth-order valence-corrected chi connectivity index (χ4v) is 1.26. The number of carbonyl (C=O) groups is 1. The number of imidazole rings is 1. The van der Waals surface area contributed by atoms with Crippen LogP contribution >= 0.6 is 0 Å². The van der Waals surface area contributed by atoms with Crippen molar-refractivity contribution in [2.75, 3.05) is 11.1 Å². The SMILES string of the molecule is Nc1cc(F)cc(C(=O)Nc2ncc[nH]2)c1. The number of hydrogen-bond acceptors (Lipinski definition) is 3. The smallest absolute Gasteiger partial charge is 0.258 e. The lowest BCUT2D eigenvalue weighted by molar-refractivity contribution is 0.102. The summed E-state index contributed by atoms with van der Waals surface area (Å²) in [6, 6.07) is 3.64. The van der Waals surface area contributed by atoms with Gasteiger partial charge in [0.15, 0.2) is 0 Å². The third-order valence-corrected chi connectivity index (χ3v) is 1.91. The molecule has 0 bridgehead atoms. The number of halogens is 1. The van der Waals surface area contributed by atoms with Crippen LogP contribution in [-0.4, -0.2) is 15.9 Å². The molecule has 1 amide bonds. The molecule has 0 radical (unpaired) electrons. The summed E-state index contributed by atoms with van der Waals surface area (Å²) in [6.07, 6.45) is 3.06. The standard InChI is InChI=1S/C10H9FN4O/c11-7-3-6(4-8(12)5-7)9(16)15-10-13-1-2-14-10/h1-5H,12H2,(H2,13,14,15,16). The van der Waals surface area contributed by atoms with Crippen LogP contribution in [0.15, 0.2) is 30.6 Å². The van der Waals surface area contributed by atoms with E-state index in [9.17, 15) is 9.18 Å². The van der Waals surface area contributed by atoms with Crippen LogP contribution in [0.1, 0.15) is 10.4 Å². The van der Waals surface area contributed by atoms with E-state index in [1.807, 2.05) is 0 Å². The van der Waals surface area contributed by atoms with E-state index in [-0.39, 0.29) is 11.3 Å². The van der Waals surface area contributed by atoms with Gasteiger partial charge in [-0.05, 0) is 18.2 Å². The summed E-state index contributed by atoms with van der Waals surface area (Å²) in [6.45, 7) is 0. The minimum Gasteiger partial charge on any atom is -0.399 e. The van der Waals surface area contributed by atoms with E-state index in [0.29, 0.717) is 5.95 Å². The fraction of sp³-hybridized carbons (Fsp3) is 0. The van der Waals surface area contributed by atoms with Gasteiger partial charge >= 0.3 is 0 Å². The topological polar surface area (TPSA) is 83.8 Å². The highest BCUT2D eigenvalue weighted by atomic mass is 19.1. The van der Waals surface area contributed by atoms with Gasteiger partial charge in [0.05, 0.1) is 0 Å². The van der Waals surface area contributed by atoms with Crippen LogP contribution in [0, 0.1) is 5.82 Å². The van der Waals surface area contributed by atoms with Gasteiger partial charge in [-0.3, -0.25) is 10.1 Å². The van der Waals surface area contributed by atoms with Crippen molar-refractivity contribution >= 4 is 17.5 Å². The first-order valence-electron chi connectivity index (χ1n) is 4.52. The Morgan fingerprint density at radius 3 is 2.88 bits per heavy atom. The van der Waals surface area contributed by atoms with E-state index in [1.54, 1.807) is 6.20 Å². The number of H-pyrrole nitrogens is 1. The van der Waals surface area contributed by atoms with E-state index in [4.69, 9.17) is 5.73 Å². The van der Waals surface area contributed by atoms with E-state index >= 15 is 0 Å². The molecule has 4 N–H and O–H groups in total. The Hall–Kier alpha value is -2.37. The third kappa shape index (κ3) is 2.17. The molecule has 0 aliphatic heterocycles. The maximum atomic E-state index is 13.0. The molecule has 0 atom stereocenters. The van der Waals surface area contributed by atoms with Crippen LogP contribution in [0.3, 0.4) is 0 Å². The van der Waals surface area contributed by atoms with Crippen molar-refractivity contribution in [3.8, 4) is 0 Å². The molecule has 0 aliphatic rings. The Kier molecular flexibility index (Phi) is 2.55. The van der Waals surface area contributed by atoms with Gasteiger partial charge in [0.2, 0.25) is 5.95 Å². The molecular formula is C10H9FN4O. The quantitative estimate of drug-likeness (QED) is 0.668. The van der Waals surface area contributed by atoms with Crippen molar-refractivity contribution in [2.24, 2.45) is 0 Å². The molecular weight excluding hydrogens is 211 g/mol. The van der Waals surface area contributed by atoms with Crippen LogP contribution in [-0.2, 0) is 0 Å². The average molecular weight is 220 g/mol. The predicted octanol–water partition coefficient (Wildman–Crippen LogP) is 1.38. The highest BCUT2D eigenvalue weighted by Crippen LogP contribution is 2.11. The van der Waals surface area contributed by atoms with Gasteiger partial charge in [0.1, 0.15) is 5.82 Å². The number of anilines is 2. The number of nitrogen functional groups attached to an aromatic ring is 1. The van der Waals surface area contributed by atoms with Gasteiger partial charge < -0.3 is 10.7 Å². The lowest BCUT2D eigenvalue weighted by atomic mass is 10.2. The van der Waals surface area contributed by atoms with Crippen molar-refractivity contribution in [1.82, 2.24) is 9.97 Å². The lowest BCUT2D eigenvalue weighted by Gasteiger charge is -2.03. The predicted molar refractivity (Wildman–Crippen MR) is 57.4 cm³/mol. The van der Waals surface area contributed by atoms with Gasteiger partial charge in [-0.25, -0.2) is 9.37 Å². The van der Waals surface area contributed by atoms with Crippen molar-refractivity contribution in [3.63, 3.8) is 0 Å². The molecule has 5 nitrogen and oxygen atoms in total. The minimum absolute atomic E-state index is 0.147. The number of nitrogens with zero attached hydrogens (tertiary/aromatic N) is 1. The highest BCUT2D eigenvalue weighted by molar-refractivity contribution is 6.03. The maximum absolute atomic E-state index is 13.0. The fourth-order valence-electron chi connectivity index (χ4n) is 1.26. The third-order valence-electron chi connectivity index (χ3n) is 1.91. The van der Waals surface area contributed by atoms with Crippen molar-refractivity contribution in [3.05, 3.63) is 42.0 Å². The maximum Gasteiger partial charge on any atom is 0.258 e. The number of aromatic amines is 1. The Morgan fingerprint density at radius 1 is 1.44 bits per heavy atom. The number of nitrogens with one attached hydrogen (secondary N) is 2. The molecule has 0 saturated heterocycles. The van der Waals surface area contributed by atoms with Crippen LogP contribution in [0.25, 0.3) is 0 Å². The van der Waals surface area contributed by atoms with E-state index in [2.05, 4.69) is 15.3 Å². The zero-order chi connectivity index (χ0) is 11.5. The second kappa shape index (κ2) is 4.01. The summed E-state index contributed by atoms with van der Waals surface area (Å²) in [4.78, 5) is 18.1. The summed E-state index contributed by atoms with van der Waals surface area (Å²) in [5.74, 6) is -0.724. The molecule has 1 aromatic carbocycles. The minimum atomic E-state index is -0.551. The molecule has 6 heteroatoms. The highest BCUT2D eigenvalue weighted by Gasteiger charge is 2.09. The van der Waals surface area contributed by atoms with Gasteiger partial charge in [-0.1, -0.05) is 0 Å². The number of rotatable bonds is 2. The first-order chi connectivity index (χ1) is 7.65. The second-order valence-electron chi connectivity index (χ2n) is 3.17. The largest absolute Gasteiger partial charge is 0.399 e. The van der Waals surface area contributed by atoms with Crippen LogP contribution < -0.4 is 11.1 Å². The van der Waals surface area contributed by atoms with Gasteiger partial charge in [-0.15, -0.1) is 0 Å².